The maximum atomic E-state index is 6.44. The van der Waals surface area contributed by atoms with E-state index in [0.717, 1.165) is 55.2 Å². The SMILES string of the molecule is Clc1ccccc1N1CCN(c2c3c(nc4ccccc24)CCCCC3)CC1. The predicted octanol–water partition coefficient (Wildman–Crippen LogP) is 5.48. The minimum atomic E-state index is 0.846. The molecule has 3 aromatic rings. The summed E-state index contributed by atoms with van der Waals surface area (Å²) in [6.45, 7) is 4.03. The molecule has 1 aliphatic heterocycles. The first-order chi connectivity index (χ1) is 13.8. The number of piperazine rings is 1. The third-order valence-electron chi connectivity index (χ3n) is 6.18. The molecule has 144 valence electrons. The standard InChI is InChI=1S/C24H26ClN3/c25-20-10-5-7-13-23(20)27-14-16-28(17-15-27)24-18-8-2-1-3-11-21(18)26-22-12-6-4-9-19(22)24/h4-7,9-10,12-13H,1-3,8,11,14-17H2. The molecule has 4 heteroatoms. The first-order valence-corrected chi connectivity index (χ1v) is 10.8. The van der Waals surface area contributed by atoms with E-state index in [0.29, 0.717) is 0 Å². The zero-order chi connectivity index (χ0) is 18.9. The lowest BCUT2D eigenvalue weighted by atomic mass is 10.00. The number of rotatable bonds is 2. The maximum absolute atomic E-state index is 6.44. The lowest BCUT2D eigenvalue weighted by Crippen LogP contribution is -2.47. The van der Waals surface area contributed by atoms with Gasteiger partial charge in [0.1, 0.15) is 0 Å². The van der Waals surface area contributed by atoms with Gasteiger partial charge in [0, 0.05) is 37.3 Å². The van der Waals surface area contributed by atoms with E-state index in [1.54, 1.807) is 0 Å². The van der Waals surface area contributed by atoms with Crippen LogP contribution in [0.15, 0.2) is 48.5 Å². The Kier molecular flexibility index (Phi) is 4.86. The van der Waals surface area contributed by atoms with Gasteiger partial charge in [-0.3, -0.25) is 4.98 Å². The molecule has 0 saturated carbocycles. The van der Waals surface area contributed by atoms with Gasteiger partial charge in [-0.05, 0) is 49.4 Å². The van der Waals surface area contributed by atoms with Crippen molar-refractivity contribution < 1.29 is 0 Å². The van der Waals surface area contributed by atoms with Crippen molar-refractivity contribution in [1.82, 2.24) is 4.98 Å². The Labute approximate surface area is 171 Å². The molecule has 0 amide bonds. The van der Waals surface area contributed by atoms with Gasteiger partial charge in [0.2, 0.25) is 0 Å². The lowest BCUT2D eigenvalue weighted by Gasteiger charge is -2.39. The van der Waals surface area contributed by atoms with Crippen LogP contribution in [0.5, 0.6) is 0 Å². The number of halogens is 1. The van der Waals surface area contributed by atoms with E-state index in [1.165, 1.54) is 41.6 Å². The van der Waals surface area contributed by atoms with Crippen LogP contribution in [0, 0.1) is 0 Å². The Morgan fingerprint density at radius 2 is 1.46 bits per heavy atom. The van der Waals surface area contributed by atoms with Crippen molar-refractivity contribution in [3.05, 3.63) is 64.8 Å². The molecule has 1 fully saturated rings. The van der Waals surface area contributed by atoms with Crippen LogP contribution in [0.4, 0.5) is 11.4 Å². The van der Waals surface area contributed by atoms with E-state index < -0.39 is 0 Å². The van der Waals surface area contributed by atoms with Gasteiger partial charge in [0.05, 0.1) is 21.9 Å². The average molecular weight is 392 g/mol. The minimum Gasteiger partial charge on any atom is -0.367 e. The third kappa shape index (κ3) is 3.22. The van der Waals surface area contributed by atoms with Gasteiger partial charge < -0.3 is 9.80 Å². The Bertz CT molecular complexity index is 992. The largest absolute Gasteiger partial charge is 0.367 e. The molecule has 1 aromatic heterocycles. The smallest absolute Gasteiger partial charge is 0.0726 e. The summed E-state index contributed by atoms with van der Waals surface area (Å²) in [4.78, 5) is 10.1. The second kappa shape index (κ2) is 7.63. The Morgan fingerprint density at radius 3 is 2.32 bits per heavy atom. The van der Waals surface area contributed by atoms with Crippen molar-refractivity contribution in [2.24, 2.45) is 0 Å². The quantitative estimate of drug-likeness (QED) is 0.539. The number of para-hydroxylation sites is 2. The molecular formula is C24H26ClN3. The van der Waals surface area contributed by atoms with E-state index in [9.17, 15) is 0 Å². The number of aryl methyl sites for hydroxylation is 1. The predicted molar refractivity (Wildman–Crippen MR) is 119 cm³/mol. The van der Waals surface area contributed by atoms with Crippen LogP contribution in [0.1, 0.15) is 30.5 Å². The molecule has 5 rings (SSSR count). The number of fused-ring (bicyclic) bond motifs is 2. The van der Waals surface area contributed by atoms with Crippen LogP contribution in [0.25, 0.3) is 10.9 Å². The fraction of sp³-hybridized carbons (Fsp3) is 0.375. The molecule has 0 atom stereocenters. The maximum Gasteiger partial charge on any atom is 0.0726 e. The second-order valence-corrected chi connectivity index (χ2v) is 8.30. The van der Waals surface area contributed by atoms with Crippen molar-refractivity contribution >= 4 is 33.9 Å². The fourth-order valence-corrected chi connectivity index (χ4v) is 5.02. The van der Waals surface area contributed by atoms with Gasteiger partial charge in [0.25, 0.3) is 0 Å². The normalized spacial score (nSPS) is 17.5. The monoisotopic (exact) mass is 391 g/mol. The van der Waals surface area contributed by atoms with Crippen molar-refractivity contribution in [1.29, 1.82) is 0 Å². The average Bonchev–Trinajstić information content (AvgIpc) is 2.98. The molecule has 0 N–H and O–H groups in total. The van der Waals surface area contributed by atoms with Crippen LogP contribution >= 0.6 is 11.6 Å². The Morgan fingerprint density at radius 1 is 0.750 bits per heavy atom. The van der Waals surface area contributed by atoms with Crippen molar-refractivity contribution in [2.45, 2.75) is 32.1 Å². The first-order valence-electron chi connectivity index (χ1n) is 10.5. The number of anilines is 2. The van der Waals surface area contributed by atoms with Crippen molar-refractivity contribution in [3.8, 4) is 0 Å². The van der Waals surface area contributed by atoms with Crippen LogP contribution in [-0.2, 0) is 12.8 Å². The van der Waals surface area contributed by atoms with Gasteiger partial charge in [-0.1, -0.05) is 48.4 Å². The number of aromatic nitrogens is 1. The molecular weight excluding hydrogens is 366 g/mol. The summed E-state index contributed by atoms with van der Waals surface area (Å²) in [5.41, 5.74) is 6.58. The summed E-state index contributed by atoms with van der Waals surface area (Å²) in [6.07, 6.45) is 6.13. The summed E-state index contributed by atoms with van der Waals surface area (Å²) < 4.78 is 0. The van der Waals surface area contributed by atoms with Gasteiger partial charge in [0.15, 0.2) is 0 Å². The highest BCUT2D eigenvalue weighted by Gasteiger charge is 2.25. The lowest BCUT2D eigenvalue weighted by molar-refractivity contribution is 0.651. The molecule has 28 heavy (non-hydrogen) atoms. The number of hydrogen-bond acceptors (Lipinski definition) is 3. The van der Waals surface area contributed by atoms with Crippen molar-refractivity contribution in [3.63, 3.8) is 0 Å². The molecule has 2 heterocycles. The second-order valence-electron chi connectivity index (χ2n) is 7.89. The van der Waals surface area contributed by atoms with E-state index in [4.69, 9.17) is 16.6 Å². The minimum absolute atomic E-state index is 0.846. The number of pyridine rings is 1. The fourth-order valence-electron chi connectivity index (χ4n) is 4.76. The zero-order valence-electron chi connectivity index (χ0n) is 16.2. The summed E-state index contributed by atoms with van der Waals surface area (Å²) >= 11 is 6.44. The molecule has 1 saturated heterocycles. The molecule has 3 nitrogen and oxygen atoms in total. The van der Waals surface area contributed by atoms with Gasteiger partial charge >= 0.3 is 0 Å². The number of benzene rings is 2. The number of nitrogens with zero attached hydrogens (tertiary/aromatic N) is 3. The van der Waals surface area contributed by atoms with E-state index in [2.05, 4.69) is 46.2 Å². The molecule has 0 bridgehead atoms. The highest BCUT2D eigenvalue weighted by molar-refractivity contribution is 6.33. The van der Waals surface area contributed by atoms with Gasteiger partial charge in [-0.25, -0.2) is 0 Å². The summed E-state index contributed by atoms with van der Waals surface area (Å²) in [5.74, 6) is 0. The Balaban J connectivity index is 1.50. The van der Waals surface area contributed by atoms with Gasteiger partial charge in [-0.15, -0.1) is 0 Å². The Hall–Kier alpha value is -2.26. The molecule has 1 aliphatic carbocycles. The first kappa shape index (κ1) is 17.8. The molecule has 2 aromatic carbocycles. The summed E-state index contributed by atoms with van der Waals surface area (Å²) in [5, 5.41) is 2.16. The molecule has 0 spiro atoms. The number of hydrogen-bond donors (Lipinski definition) is 0. The molecule has 0 unspecified atom stereocenters. The highest BCUT2D eigenvalue weighted by atomic mass is 35.5. The van der Waals surface area contributed by atoms with Crippen LogP contribution < -0.4 is 9.80 Å². The van der Waals surface area contributed by atoms with E-state index in [-0.39, 0.29) is 0 Å². The summed E-state index contributed by atoms with van der Waals surface area (Å²) in [7, 11) is 0. The molecule has 2 aliphatic rings. The van der Waals surface area contributed by atoms with Crippen molar-refractivity contribution in [2.75, 3.05) is 36.0 Å². The van der Waals surface area contributed by atoms with E-state index >= 15 is 0 Å². The highest BCUT2D eigenvalue weighted by Crippen LogP contribution is 2.36. The van der Waals surface area contributed by atoms with Crippen LogP contribution in [0.2, 0.25) is 5.02 Å². The zero-order valence-corrected chi connectivity index (χ0v) is 17.0. The van der Waals surface area contributed by atoms with Crippen LogP contribution in [-0.4, -0.2) is 31.2 Å². The van der Waals surface area contributed by atoms with Crippen LogP contribution in [0.3, 0.4) is 0 Å². The molecule has 0 radical (unpaired) electrons. The van der Waals surface area contributed by atoms with E-state index in [1.807, 2.05) is 12.1 Å². The third-order valence-corrected chi connectivity index (χ3v) is 6.50. The summed E-state index contributed by atoms with van der Waals surface area (Å²) in [6, 6.07) is 16.9. The topological polar surface area (TPSA) is 19.4 Å². The van der Waals surface area contributed by atoms with Gasteiger partial charge in [-0.2, -0.15) is 0 Å².